The molecule has 2 aliphatic rings. The summed E-state index contributed by atoms with van der Waals surface area (Å²) >= 11 is 0. The Balaban J connectivity index is 1.33. The van der Waals surface area contributed by atoms with E-state index in [0.717, 1.165) is 58.7 Å². The van der Waals surface area contributed by atoms with Crippen molar-refractivity contribution >= 4 is 11.6 Å². The Morgan fingerprint density at radius 2 is 1.88 bits per heavy atom. The van der Waals surface area contributed by atoms with E-state index in [9.17, 15) is 9.90 Å². The van der Waals surface area contributed by atoms with Gasteiger partial charge in [-0.3, -0.25) is 9.69 Å². The molecule has 5 heteroatoms. The number of piperazine rings is 1. The number of benzene rings is 1. The molecule has 0 aliphatic carbocycles. The summed E-state index contributed by atoms with van der Waals surface area (Å²) in [5.41, 5.74) is 1.30. The third kappa shape index (κ3) is 4.95. The van der Waals surface area contributed by atoms with Gasteiger partial charge in [0.25, 0.3) is 0 Å². The molecule has 0 spiro atoms. The van der Waals surface area contributed by atoms with Gasteiger partial charge in [0.2, 0.25) is 5.91 Å². The molecule has 2 saturated heterocycles. The van der Waals surface area contributed by atoms with Crippen molar-refractivity contribution in [1.82, 2.24) is 9.80 Å². The molecule has 2 unspecified atom stereocenters. The molecule has 5 nitrogen and oxygen atoms in total. The quantitative estimate of drug-likeness (QED) is 0.854. The standard InChI is InChI=1S/C20H31N3O2/c1-17(24)18-9-11-23(16-18)20(25)8-5-10-21-12-14-22(15-13-21)19-6-3-2-4-7-19/h2-4,6-7,17-18,24H,5,8-16H2,1H3. The highest BCUT2D eigenvalue weighted by molar-refractivity contribution is 5.76. The largest absolute Gasteiger partial charge is 0.393 e. The maximum absolute atomic E-state index is 12.3. The van der Waals surface area contributed by atoms with Crippen LogP contribution in [0.1, 0.15) is 26.2 Å². The fourth-order valence-corrected chi connectivity index (χ4v) is 3.89. The van der Waals surface area contributed by atoms with Gasteiger partial charge in [-0.2, -0.15) is 0 Å². The van der Waals surface area contributed by atoms with Gasteiger partial charge in [0.05, 0.1) is 6.10 Å². The Labute approximate surface area is 151 Å². The van der Waals surface area contributed by atoms with Crippen molar-refractivity contribution in [3.05, 3.63) is 30.3 Å². The molecule has 1 aromatic rings. The molecule has 1 aromatic carbocycles. The van der Waals surface area contributed by atoms with Crippen LogP contribution in [0.2, 0.25) is 0 Å². The van der Waals surface area contributed by atoms with Gasteiger partial charge in [-0.15, -0.1) is 0 Å². The molecular formula is C20H31N3O2. The van der Waals surface area contributed by atoms with Crippen LogP contribution in [-0.2, 0) is 4.79 Å². The van der Waals surface area contributed by atoms with Crippen LogP contribution in [0, 0.1) is 5.92 Å². The van der Waals surface area contributed by atoms with Crippen molar-refractivity contribution in [1.29, 1.82) is 0 Å². The minimum absolute atomic E-state index is 0.256. The van der Waals surface area contributed by atoms with Gasteiger partial charge in [-0.25, -0.2) is 0 Å². The normalized spacial score (nSPS) is 23.0. The van der Waals surface area contributed by atoms with Gasteiger partial charge < -0.3 is 14.9 Å². The molecule has 2 heterocycles. The number of aliphatic hydroxyl groups excluding tert-OH is 1. The van der Waals surface area contributed by atoms with Crippen LogP contribution in [0.5, 0.6) is 0 Å². The molecule has 1 N–H and O–H groups in total. The van der Waals surface area contributed by atoms with Crippen molar-refractivity contribution in [3.8, 4) is 0 Å². The maximum atomic E-state index is 12.3. The Kier molecular flexibility index (Phi) is 6.32. The first-order valence-electron chi connectivity index (χ1n) is 9.61. The highest BCUT2D eigenvalue weighted by Crippen LogP contribution is 2.21. The topological polar surface area (TPSA) is 47.0 Å². The summed E-state index contributed by atoms with van der Waals surface area (Å²) in [6.45, 7) is 8.61. The maximum Gasteiger partial charge on any atom is 0.222 e. The van der Waals surface area contributed by atoms with E-state index in [2.05, 4.69) is 40.1 Å². The van der Waals surface area contributed by atoms with Crippen LogP contribution < -0.4 is 4.90 Å². The van der Waals surface area contributed by atoms with E-state index >= 15 is 0 Å². The van der Waals surface area contributed by atoms with Crippen molar-refractivity contribution in [2.24, 2.45) is 5.92 Å². The molecule has 2 atom stereocenters. The van der Waals surface area contributed by atoms with E-state index in [1.165, 1.54) is 5.69 Å². The van der Waals surface area contributed by atoms with Crippen LogP contribution >= 0.6 is 0 Å². The van der Waals surface area contributed by atoms with Crippen LogP contribution in [0.15, 0.2) is 30.3 Å². The van der Waals surface area contributed by atoms with Crippen LogP contribution in [0.25, 0.3) is 0 Å². The summed E-state index contributed by atoms with van der Waals surface area (Å²) in [5, 5.41) is 9.65. The highest BCUT2D eigenvalue weighted by atomic mass is 16.3. The first-order chi connectivity index (χ1) is 12.1. The number of amides is 1. The second kappa shape index (κ2) is 8.68. The Bertz CT molecular complexity index is 541. The van der Waals surface area contributed by atoms with Gasteiger partial charge in [-0.05, 0) is 38.4 Å². The van der Waals surface area contributed by atoms with Gasteiger partial charge in [0.1, 0.15) is 0 Å². The third-order valence-electron chi connectivity index (χ3n) is 5.62. The summed E-state index contributed by atoms with van der Waals surface area (Å²) in [5.74, 6) is 0.515. The molecule has 1 amide bonds. The first kappa shape index (κ1) is 18.2. The number of nitrogens with zero attached hydrogens (tertiary/aromatic N) is 3. The molecule has 2 fully saturated rings. The van der Waals surface area contributed by atoms with Crippen LogP contribution in [0.3, 0.4) is 0 Å². The zero-order valence-electron chi connectivity index (χ0n) is 15.3. The molecule has 25 heavy (non-hydrogen) atoms. The van der Waals surface area contributed by atoms with Gasteiger partial charge in [-0.1, -0.05) is 18.2 Å². The lowest BCUT2D eigenvalue weighted by atomic mass is 10.0. The summed E-state index contributed by atoms with van der Waals surface area (Å²) in [7, 11) is 0. The molecular weight excluding hydrogens is 314 g/mol. The second-order valence-electron chi connectivity index (χ2n) is 7.40. The monoisotopic (exact) mass is 345 g/mol. The molecule has 2 aliphatic heterocycles. The number of carbonyl (C=O) groups is 1. The van der Waals surface area contributed by atoms with E-state index in [1.54, 1.807) is 0 Å². The average molecular weight is 345 g/mol. The van der Waals surface area contributed by atoms with Gasteiger partial charge >= 0.3 is 0 Å². The fraction of sp³-hybridized carbons (Fsp3) is 0.650. The van der Waals surface area contributed by atoms with Crippen LogP contribution in [0.4, 0.5) is 5.69 Å². The molecule has 0 aromatic heterocycles. The first-order valence-corrected chi connectivity index (χ1v) is 9.61. The molecule has 0 radical (unpaired) electrons. The lowest BCUT2D eigenvalue weighted by Gasteiger charge is -2.36. The fourth-order valence-electron chi connectivity index (χ4n) is 3.89. The highest BCUT2D eigenvalue weighted by Gasteiger charge is 2.28. The van der Waals surface area contributed by atoms with Crippen LogP contribution in [-0.4, -0.2) is 72.7 Å². The van der Waals surface area contributed by atoms with E-state index in [0.29, 0.717) is 6.42 Å². The number of rotatable bonds is 6. The SMILES string of the molecule is CC(O)C1CCN(C(=O)CCCN2CCN(c3ccccc3)CC2)C1. The molecule has 138 valence electrons. The van der Waals surface area contributed by atoms with Crippen molar-refractivity contribution in [2.45, 2.75) is 32.3 Å². The third-order valence-corrected chi connectivity index (χ3v) is 5.62. The van der Waals surface area contributed by atoms with Gasteiger partial charge in [0.15, 0.2) is 0 Å². The summed E-state index contributed by atoms with van der Waals surface area (Å²) in [4.78, 5) is 19.1. The van der Waals surface area contributed by atoms with E-state index in [4.69, 9.17) is 0 Å². The zero-order chi connectivity index (χ0) is 17.6. The summed E-state index contributed by atoms with van der Waals surface area (Å²) in [6.07, 6.45) is 2.19. The van der Waals surface area contributed by atoms with Crippen molar-refractivity contribution < 1.29 is 9.90 Å². The van der Waals surface area contributed by atoms with E-state index in [1.807, 2.05) is 11.8 Å². The average Bonchev–Trinajstić information content (AvgIpc) is 3.14. The van der Waals surface area contributed by atoms with E-state index in [-0.39, 0.29) is 17.9 Å². The smallest absolute Gasteiger partial charge is 0.222 e. The summed E-state index contributed by atoms with van der Waals surface area (Å²) in [6, 6.07) is 10.6. The zero-order valence-corrected chi connectivity index (χ0v) is 15.3. The minimum atomic E-state index is -0.307. The Morgan fingerprint density at radius 1 is 1.16 bits per heavy atom. The van der Waals surface area contributed by atoms with Crippen molar-refractivity contribution in [3.63, 3.8) is 0 Å². The lowest BCUT2D eigenvalue weighted by Crippen LogP contribution is -2.46. The number of para-hydroxylation sites is 1. The predicted octanol–water partition coefficient (Wildman–Crippen LogP) is 1.82. The number of likely N-dealkylation sites (tertiary alicyclic amines) is 1. The molecule has 0 saturated carbocycles. The number of aliphatic hydroxyl groups is 1. The predicted molar refractivity (Wildman–Crippen MR) is 101 cm³/mol. The molecule has 3 rings (SSSR count). The van der Waals surface area contributed by atoms with Crippen molar-refractivity contribution in [2.75, 3.05) is 50.7 Å². The number of carbonyl (C=O) groups excluding carboxylic acids is 1. The second-order valence-corrected chi connectivity index (χ2v) is 7.40. The van der Waals surface area contributed by atoms with Gasteiger partial charge in [0, 0.05) is 57.3 Å². The minimum Gasteiger partial charge on any atom is -0.393 e. The number of hydrogen-bond acceptors (Lipinski definition) is 4. The number of anilines is 1. The summed E-state index contributed by atoms with van der Waals surface area (Å²) < 4.78 is 0. The Hall–Kier alpha value is -1.59. The number of hydrogen-bond donors (Lipinski definition) is 1. The lowest BCUT2D eigenvalue weighted by molar-refractivity contribution is -0.130. The Morgan fingerprint density at radius 3 is 2.52 bits per heavy atom. The van der Waals surface area contributed by atoms with E-state index < -0.39 is 0 Å². The molecule has 0 bridgehead atoms.